The molecule has 8 nitrogen and oxygen atoms in total. The quantitative estimate of drug-likeness (QED) is 0.578. The van der Waals surface area contributed by atoms with E-state index in [-0.39, 0.29) is 31.4 Å². The van der Waals surface area contributed by atoms with Crippen LogP contribution in [0.4, 0.5) is 0 Å². The molecule has 2 amide bonds. The van der Waals surface area contributed by atoms with Crippen LogP contribution in [-0.2, 0) is 27.9 Å². The first kappa shape index (κ1) is 15.2. The van der Waals surface area contributed by atoms with Gasteiger partial charge in [0.2, 0.25) is 11.8 Å². The summed E-state index contributed by atoms with van der Waals surface area (Å²) in [7, 11) is 3.16. The molecule has 1 atom stereocenters. The van der Waals surface area contributed by atoms with Gasteiger partial charge >= 0.3 is 5.97 Å². The number of nitrogens with one attached hydrogen (secondary N) is 1. The minimum Gasteiger partial charge on any atom is -0.462 e. The van der Waals surface area contributed by atoms with E-state index in [0.717, 1.165) is 4.90 Å². The highest BCUT2D eigenvalue weighted by atomic mass is 16.5. The molecule has 1 saturated heterocycles. The first-order valence-corrected chi connectivity index (χ1v) is 6.67. The van der Waals surface area contributed by atoms with E-state index in [1.807, 2.05) is 0 Å². The van der Waals surface area contributed by atoms with Crippen LogP contribution < -0.4 is 5.32 Å². The zero-order chi connectivity index (χ0) is 15.6. The van der Waals surface area contributed by atoms with Crippen LogP contribution in [-0.4, -0.2) is 52.2 Å². The number of amides is 2. The predicted octanol–water partition coefficient (Wildman–Crippen LogP) is -0.556. The van der Waals surface area contributed by atoms with Crippen LogP contribution in [0, 0.1) is 0 Å². The lowest BCUT2D eigenvalue weighted by atomic mass is 10.2. The molecule has 1 aliphatic rings. The molecule has 1 aromatic rings. The molecule has 1 N–H and O–H groups in total. The largest absolute Gasteiger partial charge is 0.462 e. The van der Waals surface area contributed by atoms with Crippen molar-refractivity contribution in [2.45, 2.75) is 25.9 Å². The average molecular weight is 294 g/mol. The zero-order valence-electron chi connectivity index (χ0n) is 12.3. The number of hydrogen-bond acceptors (Lipinski definition) is 6. The number of carbonyl (C=O) groups is 3. The predicted molar refractivity (Wildman–Crippen MR) is 72.2 cm³/mol. The Hall–Kier alpha value is -2.22. The first-order valence-electron chi connectivity index (χ1n) is 6.67. The van der Waals surface area contributed by atoms with Crippen LogP contribution in [0.2, 0.25) is 0 Å². The maximum Gasteiger partial charge on any atom is 0.341 e. The van der Waals surface area contributed by atoms with Crippen LogP contribution in [0.25, 0.3) is 0 Å². The highest BCUT2D eigenvalue weighted by Crippen LogP contribution is 2.13. The van der Waals surface area contributed by atoms with Gasteiger partial charge in [0.25, 0.3) is 0 Å². The van der Waals surface area contributed by atoms with Gasteiger partial charge < -0.3 is 4.74 Å². The highest BCUT2D eigenvalue weighted by molar-refractivity contribution is 6.05. The van der Waals surface area contributed by atoms with Crippen LogP contribution in [0.3, 0.4) is 0 Å². The Morgan fingerprint density at radius 1 is 1.48 bits per heavy atom. The SMILES string of the molecule is CCOC(=O)c1cnn(C)c1CNC1CC(=O)N(C)C1=O. The van der Waals surface area contributed by atoms with Crippen LogP contribution in [0.5, 0.6) is 0 Å². The topological polar surface area (TPSA) is 93.5 Å². The fraction of sp³-hybridized carbons (Fsp3) is 0.538. The number of nitrogens with zero attached hydrogens (tertiary/aromatic N) is 3. The van der Waals surface area contributed by atoms with Crippen LogP contribution >= 0.6 is 0 Å². The molecule has 0 saturated carbocycles. The average Bonchev–Trinajstić information content (AvgIpc) is 2.93. The summed E-state index contributed by atoms with van der Waals surface area (Å²) in [6, 6.07) is -0.563. The lowest BCUT2D eigenvalue weighted by Crippen LogP contribution is -2.37. The minimum absolute atomic E-state index is 0.127. The maximum atomic E-state index is 11.8. The number of imide groups is 1. The van der Waals surface area contributed by atoms with E-state index in [9.17, 15) is 14.4 Å². The Labute approximate surface area is 122 Å². The first-order chi connectivity index (χ1) is 9.95. The third kappa shape index (κ3) is 2.94. The van der Waals surface area contributed by atoms with Crippen molar-refractivity contribution >= 4 is 17.8 Å². The van der Waals surface area contributed by atoms with E-state index in [2.05, 4.69) is 10.4 Å². The monoisotopic (exact) mass is 294 g/mol. The third-order valence-corrected chi connectivity index (χ3v) is 3.45. The molecule has 1 fully saturated rings. The Kier molecular flexibility index (Phi) is 4.37. The van der Waals surface area contributed by atoms with Gasteiger partial charge in [0.15, 0.2) is 0 Å². The summed E-state index contributed by atoms with van der Waals surface area (Å²) >= 11 is 0. The Bertz CT molecular complexity index is 581. The molecule has 0 aromatic carbocycles. The van der Waals surface area contributed by atoms with Gasteiger partial charge in [-0.1, -0.05) is 0 Å². The third-order valence-electron chi connectivity index (χ3n) is 3.45. The molecule has 0 spiro atoms. The van der Waals surface area contributed by atoms with E-state index in [0.29, 0.717) is 11.3 Å². The zero-order valence-corrected chi connectivity index (χ0v) is 12.3. The molecular weight excluding hydrogens is 276 g/mol. The molecule has 0 bridgehead atoms. The van der Waals surface area contributed by atoms with Gasteiger partial charge in [0.1, 0.15) is 5.56 Å². The summed E-state index contributed by atoms with van der Waals surface area (Å²) in [6.07, 6.45) is 1.56. The number of likely N-dealkylation sites (tertiary alicyclic amines) is 1. The lowest BCUT2D eigenvalue weighted by molar-refractivity contribution is -0.137. The highest BCUT2D eigenvalue weighted by Gasteiger charge is 2.35. The standard InChI is InChI=1S/C13H18N4O4/c1-4-21-13(20)8-6-15-17(3)10(8)7-14-9-5-11(18)16(2)12(9)19/h6,9,14H,4-5,7H2,1-3H3. The lowest BCUT2D eigenvalue weighted by Gasteiger charge is -2.12. The number of ether oxygens (including phenoxy) is 1. The maximum absolute atomic E-state index is 11.8. The van der Waals surface area contributed by atoms with E-state index in [4.69, 9.17) is 4.74 Å². The van der Waals surface area contributed by atoms with Gasteiger partial charge in [-0.15, -0.1) is 0 Å². The molecule has 1 unspecified atom stereocenters. The molecule has 2 heterocycles. The van der Waals surface area contributed by atoms with Crippen molar-refractivity contribution in [3.63, 3.8) is 0 Å². The number of hydrogen-bond donors (Lipinski definition) is 1. The van der Waals surface area contributed by atoms with E-state index in [1.54, 1.807) is 18.7 Å². The number of aromatic nitrogens is 2. The van der Waals surface area contributed by atoms with Gasteiger partial charge in [-0.3, -0.25) is 24.5 Å². The van der Waals surface area contributed by atoms with Gasteiger partial charge in [-0.25, -0.2) is 4.79 Å². The van der Waals surface area contributed by atoms with Gasteiger partial charge in [0.05, 0.1) is 31.0 Å². The smallest absolute Gasteiger partial charge is 0.341 e. The van der Waals surface area contributed by atoms with Crippen molar-refractivity contribution in [3.8, 4) is 0 Å². The fourth-order valence-corrected chi connectivity index (χ4v) is 2.19. The molecule has 0 radical (unpaired) electrons. The second-order valence-electron chi connectivity index (χ2n) is 4.78. The normalized spacial score (nSPS) is 18.4. The number of rotatable bonds is 5. The molecule has 0 aliphatic carbocycles. The van der Waals surface area contributed by atoms with Crippen molar-refractivity contribution in [3.05, 3.63) is 17.5 Å². The van der Waals surface area contributed by atoms with Gasteiger partial charge in [0, 0.05) is 20.6 Å². The van der Waals surface area contributed by atoms with Crippen LogP contribution in [0.1, 0.15) is 29.4 Å². The number of aryl methyl sites for hydroxylation is 1. The fourth-order valence-electron chi connectivity index (χ4n) is 2.19. The Morgan fingerprint density at radius 3 is 2.76 bits per heavy atom. The summed E-state index contributed by atoms with van der Waals surface area (Å²) < 4.78 is 6.51. The summed E-state index contributed by atoms with van der Waals surface area (Å²) in [6.45, 7) is 2.26. The number of esters is 1. The Morgan fingerprint density at radius 2 is 2.19 bits per heavy atom. The molecule has 2 rings (SSSR count). The van der Waals surface area contributed by atoms with Crippen molar-refractivity contribution < 1.29 is 19.1 Å². The summed E-state index contributed by atoms with van der Waals surface area (Å²) in [5.74, 6) is -0.929. The summed E-state index contributed by atoms with van der Waals surface area (Å²) in [5, 5.41) is 7.02. The van der Waals surface area contributed by atoms with E-state index < -0.39 is 12.0 Å². The van der Waals surface area contributed by atoms with Crippen molar-refractivity contribution in [2.75, 3.05) is 13.7 Å². The summed E-state index contributed by atoms with van der Waals surface area (Å²) in [5.41, 5.74) is 0.972. The second kappa shape index (κ2) is 6.04. The molecule has 1 aromatic heterocycles. The van der Waals surface area contributed by atoms with Gasteiger partial charge in [-0.2, -0.15) is 5.10 Å². The van der Waals surface area contributed by atoms with Crippen molar-refractivity contribution in [1.82, 2.24) is 20.0 Å². The molecule has 21 heavy (non-hydrogen) atoms. The minimum atomic E-state index is -0.563. The van der Waals surface area contributed by atoms with Gasteiger partial charge in [-0.05, 0) is 6.92 Å². The van der Waals surface area contributed by atoms with Crippen molar-refractivity contribution in [1.29, 1.82) is 0 Å². The molecular formula is C13H18N4O4. The molecule has 114 valence electrons. The van der Waals surface area contributed by atoms with E-state index in [1.165, 1.54) is 13.2 Å². The van der Waals surface area contributed by atoms with Crippen LogP contribution in [0.15, 0.2) is 6.20 Å². The van der Waals surface area contributed by atoms with E-state index >= 15 is 0 Å². The Balaban J connectivity index is 2.07. The van der Waals surface area contributed by atoms with Crippen molar-refractivity contribution in [2.24, 2.45) is 7.05 Å². The summed E-state index contributed by atoms with van der Waals surface area (Å²) in [4.78, 5) is 36.2. The molecule has 8 heteroatoms. The number of carbonyl (C=O) groups excluding carboxylic acids is 3. The number of likely N-dealkylation sites (N-methyl/N-ethyl adjacent to an activating group) is 1. The second-order valence-corrected chi connectivity index (χ2v) is 4.78. The molecule has 1 aliphatic heterocycles.